The second kappa shape index (κ2) is 9.67. The average molecular weight is 378 g/mol. The SMILES string of the molecule is Cn1cnc(CNCCOc2ccc(F)c(C(C#N)Cc3ccccc3)c2)c1. The highest BCUT2D eigenvalue weighted by molar-refractivity contribution is 5.36. The number of aryl methyl sites for hydroxylation is 1. The van der Waals surface area contributed by atoms with Crippen LogP contribution in [0.3, 0.4) is 0 Å². The van der Waals surface area contributed by atoms with Crippen LogP contribution in [0.25, 0.3) is 0 Å². The van der Waals surface area contributed by atoms with Crippen LogP contribution in [-0.2, 0) is 20.0 Å². The molecule has 28 heavy (non-hydrogen) atoms. The van der Waals surface area contributed by atoms with Gasteiger partial charge in [-0.3, -0.25) is 0 Å². The van der Waals surface area contributed by atoms with Crippen molar-refractivity contribution in [3.63, 3.8) is 0 Å². The Hall–Kier alpha value is -3.17. The first-order chi connectivity index (χ1) is 13.7. The molecule has 0 saturated carbocycles. The van der Waals surface area contributed by atoms with Crippen molar-refractivity contribution in [3.05, 3.63) is 83.7 Å². The molecule has 0 spiro atoms. The van der Waals surface area contributed by atoms with Gasteiger partial charge in [0.05, 0.1) is 24.0 Å². The quantitative estimate of drug-likeness (QED) is 0.578. The van der Waals surface area contributed by atoms with Crippen LogP contribution in [0.5, 0.6) is 5.75 Å². The summed E-state index contributed by atoms with van der Waals surface area (Å²) in [6.45, 7) is 1.73. The van der Waals surface area contributed by atoms with E-state index < -0.39 is 5.92 Å². The Labute approximate surface area is 164 Å². The second-order valence-electron chi connectivity index (χ2n) is 6.61. The van der Waals surface area contributed by atoms with E-state index in [0.29, 0.717) is 37.4 Å². The minimum Gasteiger partial charge on any atom is -0.492 e. The van der Waals surface area contributed by atoms with E-state index in [-0.39, 0.29) is 5.82 Å². The summed E-state index contributed by atoms with van der Waals surface area (Å²) in [5, 5.41) is 12.8. The van der Waals surface area contributed by atoms with Gasteiger partial charge in [0.25, 0.3) is 0 Å². The zero-order valence-electron chi connectivity index (χ0n) is 15.8. The van der Waals surface area contributed by atoms with Crippen molar-refractivity contribution in [2.24, 2.45) is 7.05 Å². The zero-order valence-corrected chi connectivity index (χ0v) is 15.8. The summed E-state index contributed by atoms with van der Waals surface area (Å²) in [7, 11) is 1.93. The zero-order chi connectivity index (χ0) is 19.8. The number of nitriles is 1. The van der Waals surface area contributed by atoms with Crippen LogP contribution in [0.15, 0.2) is 61.1 Å². The van der Waals surface area contributed by atoms with E-state index in [2.05, 4.69) is 16.4 Å². The van der Waals surface area contributed by atoms with Crippen molar-refractivity contribution in [3.8, 4) is 11.8 Å². The van der Waals surface area contributed by atoms with Gasteiger partial charge in [-0.15, -0.1) is 0 Å². The topological polar surface area (TPSA) is 62.9 Å². The number of nitrogens with zero attached hydrogens (tertiary/aromatic N) is 3. The molecule has 0 aliphatic rings. The fourth-order valence-corrected chi connectivity index (χ4v) is 2.97. The van der Waals surface area contributed by atoms with Gasteiger partial charge in [0.2, 0.25) is 0 Å². The van der Waals surface area contributed by atoms with Gasteiger partial charge >= 0.3 is 0 Å². The lowest BCUT2D eigenvalue weighted by Gasteiger charge is -2.13. The van der Waals surface area contributed by atoms with Crippen molar-refractivity contribution in [1.29, 1.82) is 5.26 Å². The van der Waals surface area contributed by atoms with Gasteiger partial charge < -0.3 is 14.6 Å². The number of nitrogens with one attached hydrogen (secondary N) is 1. The van der Waals surface area contributed by atoms with Crippen LogP contribution < -0.4 is 10.1 Å². The summed E-state index contributed by atoms with van der Waals surface area (Å²) in [5.41, 5.74) is 2.33. The number of halogens is 1. The number of ether oxygens (including phenoxy) is 1. The first-order valence-corrected chi connectivity index (χ1v) is 9.19. The fraction of sp³-hybridized carbons (Fsp3) is 0.273. The van der Waals surface area contributed by atoms with E-state index in [4.69, 9.17) is 4.74 Å². The number of hydrogen-bond donors (Lipinski definition) is 1. The number of aromatic nitrogens is 2. The highest BCUT2D eigenvalue weighted by Crippen LogP contribution is 2.27. The van der Waals surface area contributed by atoms with Crippen LogP contribution in [0, 0.1) is 17.1 Å². The van der Waals surface area contributed by atoms with Crippen LogP contribution in [0.2, 0.25) is 0 Å². The van der Waals surface area contributed by atoms with Crippen molar-refractivity contribution in [2.45, 2.75) is 18.9 Å². The number of hydrogen-bond acceptors (Lipinski definition) is 4. The highest BCUT2D eigenvalue weighted by Gasteiger charge is 2.17. The molecule has 3 rings (SSSR count). The van der Waals surface area contributed by atoms with E-state index in [1.54, 1.807) is 18.5 Å². The molecular weight excluding hydrogens is 355 g/mol. The van der Waals surface area contributed by atoms with Crippen molar-refractivity contribution >= 4 is 0 Å². The molecule has 0 saturated heterocycles. The number of imidazole rings is 1. The Bertz CT molecular complexity index is 933. The van der Waals surface area contributed by atoms with Crippen LogP contribution in [-0.4, -0.2) is 22.7 Å². The van der Waals surface area contributed by atoms with Crippen LogP contribution in [0.4, 0.5) is 4.39 Å². The molecular formula is C22H23FN4O. The van der Waals surface area contributed by atoms with Crippen LogP contribution >= 0.6 is 0 Å². The largest absolute Gasteiger partial charge is 0.492 e. The lowest BCUT2D eigenvalue weighted by molar-refractivity contribution is 0.312. The van der Waals surface area contributed by atoms with Crippen molar-refractivity contribution in [2.75, 3.05) is 13.2 Å². The van der Waals surface area contributed by atoms with E-state index in [0.717, 1.165) is 11.3 Å². The van der Waals surface area contributed by atoms with Gasteiger partial charge in [0, 0.05) is 31.9 Å². The summed E-state index contributed by atoms with van der Waals surface area (Å²) in [4.78, 5) is 4.24. The molecule has 1 unspecified atom stereocenters. The van der Waals surface area contributed by atoms with Gasteiger partial charge in [-0.1, -0.05) is 30.3 Å². The third kappa shape index (κ3) is 5.41. The lowest BCUT2D eigenvalue weighted by atomic mass is 9.92. The lowest BCUT2D eigenvalue weighted by Crippen LogP contribution is -2.20. The summed E-state index contributed by atoms with van der Waals surface area (Å²) >= 11 is 0. The molecule has 2 aromatic carbocycles. The molecule has 3 aromatic rings. The fourth-order valence-electron chi connectivity index (χ4n) is 2.97. The van der Waals surface area contributed by atoms with Crippen molar-refractivity contribution in [1.82, 2.24) is 14.9 Å². The smallest absolute Gasteiger partial charge is 0.128 e. The Morgan fingerprint density at radius 2 is 2.07 bits per heavy atom. The van der Waals surface area contributed by atoms with Crippen LogP contribution in [0.1, 0.15) is 22.7 Å². The van der Waals surface area contributed by atoms with Gasteiger partial charge in [-0.25, -0.2) is 9.37 Å². The molecule has 5 nitrogen and oxygen atoms in total. The third-order valence-electron chi connectivity index (χ3n) is 4.39. The maximum absolute atomic E-state index is 14.3. The monoisotopic (exact) mass is 378 g/mol. The van der Waals surface area contributed by atoms with Crippen molar-refractivity contribution < 1.29 is 9.13 Å². The Kier molecular flexibility index (Phi) is 6.77. The first-order valence-electron chi connectivity index (χ1n) is 9.19. The van der Waals surface area contributed by atoms with Gasteiger partial charge in [-0.2, -0.15) is 5.26 Å². The molecule has 1 aromatic heterocycles. The standard InChI is InChI=1S/C22H23FN4O/c1-27-15-19(26-16-27)14-25-9-10-28-20-7-8-22(23)21(12-20)18(13-24)11-17-5-3-2-4-6-17/h2-8,12,15-16,18,25H,9-11,14H2,1H3. The molecule has 0 aliphatic carbocycles. The van der Waals surface area contributed by atoms with Gasteiger partial charge in [-0.05, 0) is 30.2 Å². The van der Waals surface area contributed by atoms with E-state index in [1.165, 1.54) is 6.07 Å². The van der Waals surface area contributed by atoms with Gasteiger partial charge in [0.15, 0.2) is 0 Å². The first kappa shape index (κ1) is 19.6. The Morgan fingerprint density at radius 3 is 2.79 bits per heavy atom. The maximum atomic E-state index is 14.3. The molecule has 0 fully saturated rings. The maximum Gasteiger partial charge on any atom is 0.128 e. The van der Waals surface area contributed by atoms with Gasteiger partial charge in [0.1, 0.15) is 18.2 Å². The normalized spacial score (nSPS) is 11.8. The predicted molar refractivity (Wildman–Crippen MR) is 105 cm³/mol. The Morgan fingerprint density at radius 1 is 1.25 bits per heavy atom. The molecule has 1 N–H and O–H groups in total. The molecule has 0 bridgehead atoms. The molecule has 1 heterocycles. The highest BCUT2D eigenvalue weighted by atomic mass is 19.1. The summed E-state index contributed by atoms with van der Waals surface area (Å²) in [6, 6.07) is 16.4. The van der Waals surface area contributed by atoms with E-state index in [1.807, 2.05) is 48.1 Å². The minimum atomic E-state index is -0.562. The predicted octanol–water partition coefficient (Wildman–Crippen LogP) is 3.58. The Balaban J connectivity index is 1.55. The summed E-state index contributed by atoms with van der Waals surface area (Å²) < 4.78 is 21.9. The van der Waals surface area contributed by atoms with E-state index >= 15 is 0 Å². The third-order valence-corrected chi connectivity index (χ3v) is 4.39. The molecule has 0 amide bonds. The van der Waals surface area contributed by atoms with E-state index in [9.17, 15) is 9.65 Å². The molecule has 1 atom stereocenters. The average Bonchev–Trinajstić information content (AvgIpc) is 3.13. The number of rotatable bonds is 9. The second-order valence-corrected chi connectivity index (χ2v) is 6.61. The summed E-state index contributed by atoms with van der Waals surface area (Å²) in [6.07, 6.45) is 4.17. The molecule has 144 valence electrons. The molecule has 0 radical (unpaired) electrons. The summed E-state index contributed by atoms with van der Waals surface area (Å²) in [5.74, 6) is -0.388. The molecule has 0 aliphatic heterocycles. The number of benzene rings is 2. The molecule has 6 heteroatoms. The minimum absolute atomic E-state index is 0.366.